The summed E-state index contributed by atoms with van der Waals surface area (Å²) in [6, 6.07) is 3.91. The minimum atomic E-state index is 0.622. The summed E-state index contributed by atoms with van der Waals surface area (Å²) in [6.45, 7) is 6.75. The van der Waals surface area contributed by atoms with Gasteiger partial charge >= 0.3 is 0 Å². The van der Waals surface area contributed by atoms with E-state index in [1.54, 1.807) is 0 Å². The second kappa shape index (κ2) is 4.72. The Labute approximate surface area is 112 Å². The highest BCUT2D eigenvalue weighted by Gasteiger charge is 2.24. The Bertz CT molecular complexity index is 570. The molecule has 1 saturated heterocycles. The molecule has 5 nitrogen and oxygen atoms in total. The zero-order valence-corrected chi connectivity index (χ0v) is 11.5. The third-order valence-electron chi connectivity index (χ3n) is 4.25. The van der Waals surface area contributed by atoms with E-state index in [4.69, 9.17) is 10.4 Å². The fourth-order valence-corrected chi connectivity index (χ4v) is 2.93. The molecular formula is C14H20N4O. The molecule has 0 saturated carbocycles. The zero-order valence-electron chi connectivity index (χ0n) is 11.5. The summed E-state index contributed by atoms with van der Waals surface area (Å²) < 4.78 is 4.83. The van der Waals surface area contributed by atoms with E-state index < -0.39 is 0 Å². The van der Waals surface area contributed by atoms with Crippen LogP contribution < -0.4 is 10.6 Å². The molecule has 3 rings (SSSR count). The van der Waals surface area contributed by atoms with E-state index in [1.807, 2.05) is 12.1 Å². The fraction of sp³-hybridized carbons (Fsp3) is 0.571. The van der Waals surface area contributed by atoms with Crippen LogP contribution in [0.3, 0.4) is 0 Å². The first-order valence-corrected chi connectivity index (χ1v) is 6.92. The van der Waals surface area contributed by atoms with Crippen molar-refractivity contribution in [2.24, 2.45) is 11.8 Å². The molecule has 0 unspecified atom stereocenters. The average Bonchev–Trinajstić information content (AvgIpc) is 2.89. The molecule has 0 radical (unpaired) electrons. The third-order valence-corrected chi connectivity index (χ3v) is 4.25. The minimum absolute atomic E-state index is 0.622. The Kier molecular flexibility index (Phi) is 3.05. The van der Waals surface area contributed by atoms with Crippen molar-refractivity contribution < 1.29 is 4.63 Å². The van der Waals surface area contributed by atoms with E-state index in [1.165, 1.54) is 12.8 Å². The van der Waals surface area contributed by atoms with Gasteiger partial charge in [0.15, 0.2) is 11.0 Å². The van der Waals surface area contributed by atoms with Crippen LogP contribution in [0.4, 0.5) is 11.4 Å². The van der Waals surface area contributed by atoms with Crippen LogP contribution in [0.2, 0.25) is 0 Å². The highest BCUT2D eigenvalue weighted by atomic mass is 16.6. The number of fused-ring (bicyclic) bond motifs is 1. The maximum atomic E-state index is 5.88. The molecule has 0 atom stereocenters. The lowest BCUT2D eigenvalue weighted by Crippen LogP contribution is -2.35. The van der Waals surface area contributed by atoms with E-state index in [0.29, 0.717) is 11.2 Å². The standard InChI is InChI=1S/C14H20N4O/c1-9(2)10-5-7-18(8-6-10)12-4-3-11(15)13-14(12)17-19-16-13/h3-4,9-10H,5-8,15H2,1-2H3. The summed E-state index contributed by atoms with van der Waals surface area (Å²) in [5, 5.41) is 7.88. The number of hydrogen-bond acceptors (Lipinski definition) is 5. The summed E-state index contributed by atoms with van der Waals surface area (Å²) in [4.78, 5) is 2.37. The van der Waals surface area contributed by atoms with Crippen molar-refractivity contribution in [3.05, 3.63) is 12.1 Å². The van der Waals surface area contributed by atoms with E-state index in [0.717, 1.165) is 36.1 Å². The first-order chi connectivity index (χ1) is 9.16. The molecule has 5 heteroatoms. The average molecular weight is 260 g/mol. The Morgan fingerprint density at radius 1 is 1.21 bits per heavy atom. The molecule has 102 valence electrons. The molecular weight excluding hydrogens is 240 g/mol. The van der Waals surface area contributed by atoms with Crippen LogP contribution in [-0.2, 0) is 0 Å². The van der Waals surface area contributed by atoms with Crippen LogP contribution in [0, 0.1) is 11.8 Å². The highest BCUT2D eigenvalue weighted by Crippen LogP contribution is 2.32. The van der Waals surface area contributed by atoms with Gasteiger partial charge in [0.1, 0.15) is 0 Å². The molecule has 1 fully saturated rings. The van der Waals surface area contributed by atoms with E-state index in [-0.39, 0.29) is 0 Å². The van der Waals surface area contributed by atoms with Crippen molar-refractivity contribution in [2.75, 3.05) is 23.7 Å². The van der Waals surface area contributed by atoms with Crippen LogP contribution in [0.25, 0.3) is 11.0 Å². The van der Waals surface area contributed by atoms with Gasteiger partial charge < -0.3 is 10.6 Å². The van der Waals surface area contributed by atoms with Crippen LogP contribution in [0.1, 0.15) is 26.7 Å². The minimum Gasteiger partial charge on any atom is -0.397 e. The fourth-order valence-electron chi connectivity index (χ4n) is 2.93. The Morgan fingerprint density at radius 2 is 1.89 bits per heavy atom. The molecule has 2 aromatic rings. The number of benzene rings is 1. The molecule has 19 heavy (non-hydrogen) atoms. The predicted molar refractivity (Wildman–Crippen MR) is 76.0 cm³/mol. The Hall–Kier alpha value is -1.78. The number of nitrogens with two attached hydrogens (primary N) is 1. The van der Waals surface area contributed by atoms with Crippen molar-refractivity contribution >= 4 is 22.4 Å². The van der Waals surface area contributed by atoms with E-state index in [9.17, 15) is 0 Å². The molecule has 1 aromatic carbocycles. The molecule has 1 aliphatic rings. The number of anilines is 2. The van der Waals surface area contributed by atoms with E-state index in [2.05, 4.69) is 29.1 Å². The lowest BCUT2D eigenvalue weighted by Gasteiger charge is -2.35. The quantitative estimate of drug-likeness (QED) is 0.841. The van der Waals surface area contributed by atoms with Crippen LogP contribution in [-0.4, -0.2) is 23.4 Å². The maximum Gasteiger partial charge on any atom is 0.160 e. The number of nitrogens with zero attached hydrogens (tertiary/aromatic N) is 3. The number of piperidine rings is 1. The molecule has 2 N–H and O–H groups in total. The summed E-state index contributed by atoms with van der Waals surface area (Å²) in [6.07, 6.45) is 2.46. The van der Waals surface area contributed by atoms with Crippen molar-refractivity contribution in [1.82, 2.24) is 10.3 Å². The Morgan fingerprint density at radius 3 is 2.58 bits per heavy atom. The summed E-state index contributed by atoms with van der Waals surface area (Å²) in [5.74, 6) is 1.60. The van der Waals surface area contributed by atoms with Crippen LogP contribution >= 0.6 is 0 Å². The van der Waals surface area contributed by atoms with Gasteiger partial charge in [-0.05, 0) is 47.1 Å². The third kappa shape index (κ3) is 2.13. The number of rotatable bonds is 2. The number of nitrogen functional groups attached to an aromatic ring is 1. The van der Waals surface area contributed by atoms with Crippen molar-refractivity contribution in [1.29, 1.82) is 0 Å². The van der Waals surface area contributed by atoms with Crippen molar-refractivity contribution in [3.8, 4) is 0 Å². The first-order valence-electron chi connectivity index (χ1n) is 6.92. The maximum absolute atomic E-state index is 5.88. The lowest BCUT2D eigenvalue weighted by atomic mass is 9.86. The van der Waals surface area contributed by atoms with Gasteiger partial charge in [0, 0.05) is 13.1 Å². The predicted octanol–water partition coefficient (Wildman–Crippen LogP) is 2.68. The second-order valence-electron chi connectivity index (χ2n) is 5.70. The van der Waals surface area contributed by atoms with Crippen molar-refractivity contribution in [2.45, 2.75) is 26.7 Å². The zero-order chi connectivity index (χ0) is 13.4. The normalized spacial score (nSPS) is 17.5. The van der Waals surface area contributed by atoms with E-state index >= 15 is 0 Å². The number of hydrogen-bond donors (Lipinski definition) is 1. The molecule has 2 heterocycles. The SMILES string of the molecule is CC(C)C1CCN(c2ccc(N)c3nonc23)CC1. The topological polar surface area (TPSA) is 68.2 Å². The molecule has 0 amide bonds. The number of aromatic nitrogens is 2. The van der Waals surface area contributed by atoms with Gasteiger partial charge in [-0.3, -0.25) is 0 Å². The summed E-state index contributed by atoms with van der Waals surface area (Å²) in [7, 11) is 0. The summed E-state index contributed by atoms with van der Waals surface area (Å²) in [5.41, 5.74) is 9.04. The van der Waals surface area contributed by atoms with Gasteiger partial charge in [0.05, 0.1) is 11.4 Å². The Balaban J connectivity index is 1.86. The largest absolute Gasteiger partial charge is 0.397 e. The van der Waals surface area contributed by atoms with Crippen LogP contribution in [0.15, 0.2) is 16.8 Å². The monoisotopic (exact) mass is 260 g/mol. The lowest BCUT2D eigenvalue weighted by molar-refractivity contribution is 0.310. The summed E-state index contributed by atoms with van der Waals surface area (Å²) >= 11 is 0. The first kappa shape index (κ1) is 12.3. The smallest absolute Gasteiger partial charge is 0.160 e. The molecule has 0 aliphatic carbocycles. The van der Waals surface area contributed by atoms with Crippen molar-refractivity contribution in [3.63, 3.8) is 0 Å². The van der Waals surface area contributed by atoms with Gasteiger partial charge in [-0.2, -0.15) is 0 Å². The molecule has 0 spiro atoms. The van der Waals surface area contributed by atoms with Gasteiger partial charge in [-0.1, -0.05) is 13.8 Å². The molecule has 1 aliphatic heterocycles. The molecule has 0 bridgehead atoms. The van der Waals surface area contributed by atoms with Crippen LogP contribution in [0.5, 0.6) is 0 Å². The van der Waals surface area contributed by atoms with Gasteiger partial charge in [-0.25, -0.2) is 4.63 Å². The second-order valence-corrected chi connectivity index (χ2v) is 5.70. The molecule has 1 aromatic heterocycles. The van der Waals surface area contributed by atoms with Gasteiger partial charge in [0.2, 0.25) is 0 Å². The van der Waals surface area contributed by atoms with Gasteiger partial charge in [0.25, 0.3) is 0 Å². The van der Waals surface area contributed by atoms with Gasteiger partial charge in [-0.15, -0.1) is 0 Å². The highest BCUT2D eigenvalue weighted by molar-refractivity contribution is 5.95.